The van der Waals surface area contributed by atoms with E-state index >= 15 is 0 Å². The highest BCUT2D eigenvalue weighted by atomic mass is 32.1. The van der Waals surface area contributed by atoms with Gasteiger partial charge in [0.25, 0.3) is 5.91 Å². The average Bonchev–Trinajstić information content (AvgIpc) is 3.31. The van der Waals surface area contributed by atoms with E-state index in [9.17, 15) is 4.79 Å². The van der Waals surface area contributed by atoms with Crippen LogP contribution in [-0.2, 0) is 6.42 Å². The van der Waals surface area contributed by atoms with E-state index in [1.807, 2.05) is 37.3 Å². The highest BCUT2D eigenvalue weighted by molar-refractivity contribution is 7.18. The van der Waals surface area contributed by atoms with Gasteiger partial charge in [-0.2, -0.15) is 0 Å². The lowest BCUT2D eigenvalue weighted by Gasteiger charge is -2.18. The Morgan fingerprint density at radius 1 is 1.27 bits per heavy atom. The molecule has 0 aliphatic carbocycles. The van der Waals surface area contributed by atoms with Crippen LogP contribution in [0.15, 0.2) is 42.6 Å². The molecular formula is C20H22N4OS. The highest BCUT2D eigenvalue weighted by Crippen LogP contribution is 2.23. The fraction of sp³-hybridized carbons (Fsp3) is 0.350. The molecule has 4 rings (SSSR count). The molecule has 0 saturated carbocycles. The van der Waals surface area contributed by atoms with Gasteiger partial charge in [0.2, 0.25) is 0 Å². The summed E-state index contributed by atoms with van der Waals surface area (Å²) < 4.78 is 1.18. The van der Waals surface area contributed by atoms with Gasteiger partial charge in [0.1, 0.15) is 5.69 Å². The maximum atomic E-state index is 12.6. The number of pyridine rings is 1. The fourth-order valence-electron chi connectivity index (χ4n) is 3.33. The van der Waals surface area contributed by atoms with E-state index in [-0.39, 0.29) is 11.9 Å². The van der Waals surface area contributed by atoms with Gasteiger partial charge in [-0.05, 0) is 44.0 Å². The molecule has 3 heterocycles. The number of rotatable bonds is 5. The molecule has 26 heavy (non-hydrogen) atoms. The summed E-state index contributed by atoms with van der Waals surface area (Å²) in [5.74, 6) is -0.125. The minimum absolute atomic E-state index is 0.000282. The quantitative estimate of drug-likeness (QED) is 0.749. The molecule has 1 N–H and O–H groups in total. The number of aromatic nitrogens is 2. The van der Waals surface area contributed by atoms with E-state index in [2.05, 4.69) is 26.3 Å². The molecule has 1 aromatic carbocycles. The van der Waals surface area contributed by atoms with Crippen LogP contribution in [0.5, 0.6) is 0 Å². The van der Waals surface area contributed by atoms with Crippen molar-refractivity contribution in [2.24, 2.45) is 0 Å². The van der Waals surface area contributed by atoms with Crippen molar-refractivity contribution >= 4 is 33.1 Å². The Hall–Kier alpha value is -2.47. The molecule has 6 heteroatoms. The lowest BCUT2D eigenvalue weighted by atomic mass is 10.2. The molecule has 5 nitrogen and oxygen atoms in total. The molecule has 134 valence electrons. The number of thiazole rings is 1. The Kier molecular flexibility index (Phi) is 4.84. The Morgan fingerprint density at radius 3 is 2.88 bits per heavy atom. The van der Waals surface area contributed by atoms with E-state index in [0.717, 1.165) is 35.7 Å². The number of para-hydroxylation sites is 1. The van der Waals surface area contributed by atoms with Crippen molar-refractivity contribution in [1.29, 1.82) is 0 Å². The first-order chi connectivity index (χ1) is 12.7. The summed E-state index contributed by atoms with van der Waals surface area (Å²) in [7, 11) is 0. The first-order valence-corrected chi connectivity index (χ1v) is 9.87. The average molecular weight is 366 g/mol. The Morgan fingerprint density at radius 2 is 2.08 bits per heavy atom. The van der Waals surface area contributed by atoms with Crippen LogP contribution in [0.25, 0.3) is 10.2 Å². The number of amides is 1. The Balaban J connectivity index is 1.41. The predicted octanol–water partition coefficient (Wildman–Crippen LogP) is 3.65. The van der Waals surface area contributed by atoms with Gasteiger partial charge in [0.05, 0.1) is 15.2 Å². The highest BCUT2D eigenvalue weighted by Gasteiger charge is 2.17. The van der Waals surface area contributed by atoms with Crippen LogP contribution < -0.4 is 10.2 Å². The number of carbonyl (C=O) groups is 1. The second-order valence-electron chi connectivity index (χ2n) is 6.75. The van der Waals surface area contributed by atoms with Crippen molar-refractivity contribution in [3.05, 3.63) is 53.3 Å². The van der Waals surface area contributed by atoms with E-state index in [4.69, 9.17) is 0 Å². The van der Waals surface area contributed by atoms with E-state index in [1.54, 1.807) is 17.5 Å². The maximum Gasteiger partial charge on any atom is 0.270 e. The maximum absolute atomic E-state index is 12.6. The van der Waals surface area contributed by atoms with Gasteiger partial charge < -0.3 is 10.2 Å². The van der Waals surface area contributed by atoms with Crippen molar-refractivity contribution in [3.63, 3.8) is 0 Å². The third kappa shape index (κ3) is 3.70. The third-order valence-electron chi connectivity index (χ3n) is 4.64. The molecule has 0 radical (unpaired) electrons. The smallest absolute Gasteiger partial charge is 0.270 e. The van der Waals surface area contributed by atoms with Gasteiger partial charge in [-0.15, -0.1) is 11.3 Å². The number of hydrogen-bond acceptors (Lipinski definition) is 5. The van der Waals surface area contributed by atoms with Crippen LogP contribution in [0, 0.1) is 0 Å². The number of nitrogens with one attached hydrogen (secondary N) is 1. The number of anilines is 1. The summed E-state index contributed by atoms with van der Waals surface area (Å²) in [6.45, 7) is 4.12. The van der Waals surface area contributed by atoms with Gasteiger partial charge in [0, 0.05) is 37.4 Å². The minimum atomic E-state index is -0.125. The number of fused-ring (bicyclic) bond motifs is 1. The summed E-state index contributed by atoms with van der Waals surface area (Å²) in [5.41, 5.74) is 2.58. The van der Waals surface area contributed by atoms with Crippen LogP contribution in [0.1, 0.15) is 35.3 Å². The normalized spacial score (nSPS) is 15.3. The van der Waals surface area contributed by atoms with Crippen molar-refractivity contribution < 1.29 is 4.79 Å². The SMILES string of the molecule is CC(Cc1nc2ccccc2s1)NC(=O)c1cc(N2CCCC2)ccn1. The van der Waals surface area contributed by atoms with Gasteiger partial charge in [-0.25, -0.2) is 4.98 Å². The number of hydrogen-bond donors (Lipinski definition) is 1. The molecular weight excluding hydrogens is 344 g/mol. The minimum Gasteiger partial charge on any atom is -0.371 e. The molecule has 1 aliphatic heterocycles. The molecule has 0 spiro atoms. The Labute approximate surface area is 157 Å². The standard InChI is InChI=1S/C20H22N4OS/c1-14(12-19-23-16-6-2-3-7-18(16)26-19)22-20(25)17-13-15(8-9-21-17)24-10-4-5-11-24/h2-3,6-9,13-14H,4-5,10-12H2,1H3,(H,22,25). The number of carbonyl (C=O) groups excluding carboxylic acids is 1. The van der Waals surface area contributed by atoms with Crippen LogP contribution in [0.3, 0.4) is 0 Å². The first-order valence-electron chi connectivity index (χ1n) is 9.05. The van der Waals surface area contributed by atoms with E-state index in [1.165, 1.54) is 17.5 Å². The number of benzene rings is 1. The van der Waals surface area contributed by atoms with Crippen molar-refractivity contribution in [1.82, 2.24) is 15.3 Å². The molecule has 1 unspecified atom stereocenters. The lowest BCUT2D eigenvalue weighted by Crippen LogP contribution is -2.34. The van der Waals surface area contributed by atoms with Crippen molar-refractivity contribution in [3.8, 4) is 0 Å². The zero-order valence-corrected chi connectivity index (χ0v) is 15.6. The molecule has 1 amide bonds. The third-order valence-corrected chi connectivity index (χ3v) is 5.70. The summed E-state index contributed by atoms with van der Waals surface area (Å²) in [4.78, 5) is 23.8. The second kappa shape index (κ2) is 7.41. The van der Waals surface area contributed by atoms with Gasteiger partial charge >= 0.3 is 0 Å². The molecule has 1 aliphatic rings. The monoisotopic (exact) mass is 366 g/mol. The molecule has 3 aromatic rings. The molecule has 1 atom stereocenters. The van der Waals surface area contributed by atoms with Gasteiger partial charge in [-0.3, -0.25) is 9.78 Å². The van der Waals surface area contributed by atoms with E-state index in [0.29, 0.717) is 5.69 Å². The fourth-order valence-corrected chi connectivity index (χ4v) is 4.43. The second-order valence-corrected chi connectivity index (χ2v) is 7.86. The molecule has 1 fully saturated rings. The summed E-state index contributed by atoms with van der Waals surface area (Å²) in [6.07, 6.45) is 4.86. The van der Waals surface area contributed by atoms with Gasteiger partial charge in [0.15, 0.2) is 0 Å². The largest absolute Gasteiger partial charge is 0.371 e. The van der Waals surface area contributed by atoms with Crippen LogP contribution in [0.4, 0.5) is 5.69 Å². The van der Waals surface area contributed by atoms with E-state index < -0.39 is 0 Å². The molecule has 0 bridgehead atoms. The summed E-state index contributed by atoms with van der Waals surface area (Å²) >= 11 is 1.68. The summed E-state index contributed by atoms with van der Waals surface area (Å²) in [5, 5.41) is 4.09. The first kappa shape index (κ1) is 17.0. The van der Waals surface area contributed by atoms with Gasteiger partial charge in [-0.1, -0.05) is 12.1 Å². The Bertz CT molecular complexity index is 884. The topological polar surface area (TPSA) is 58.1 Å². The van der Waals surface area contributed by atoms with Crippen LogP contribution >= 0.6 is 11.3 Å². The summed E-state index contributed by atoms with van der Waals surface area (Å²) in [6, 6.07) is 12.0. The molecule has 2 aromatic heterocycles. The zero-order chi connectivity index (χ0) is 17.9. The predicted molar refractivity (Wildman–Crippen MR) is 106 cm³/mol. The zero-order valence-electron chi connectivity index (χ0n) is 14.8. The number of nitrogens with zero attached hydrogens (tertiary/aromatic N) is 3. The van der Waals surface area contributed by atoms with Crippen LogP contribution in [0.2, 0.25) is 0 Å². The lowest BCUT2D eigenvalue weighted by molar-refractivity contribution is 0.0935. The van der Waals surface area contributed by atoms with Crippen LogP contribution in [-0.4, -0.2) is 35.0 Å². The van der Waals surface area contributed by atoms with Crippen molar-refractivity contribution in [2.75, 3.05) is 18.0 Å². The van der Waals surface area contributed by atoms with Crippen molar-refractivity contribution in [2.45, 2.75) is 32.2 Å². The molecule has 1 saturated heterocycles.